The monoisotopic (exact) mass is 751 g/mol. The SMILES string of the molecule is Cc1c(F)cc2[nH]ncc2c1-c1c(C2CC2)cc2c(N3CC[C@H]3C(N)=O)nc(OCC(C)(C)CN(C)C)nc2c1OCc1ccc(C(=O)OC(C)(C)C)cc1. The number of aromatic nitrogens is 4. The maximum Gasteiger partial charge on any atom is 0.338 e. The third kappa shape index (κ3) is 7.93. The molecule has 2 aliphatic rings. The molecule has 0 spiro atoms. The molecular formula is C42H50FN7O5. The predicted octanol–water partition coefficient (Wildman–Crippen LogP) is 7.06. The summed E-state index contributed by atoms with van der Waals surface area (Å²) in [6.45, 7) is 13.2. The van der Waals surface area contributed by atoms with Gasteiger partial charge in [-0.25, -0.2) is 9.18 Å². The summed E-state index contributed by atoms with van der Waals surface area (Å²) in [5.74, 6) is -0.0810. The number of benzene rings is 3. The van der Waals surface area contributed by atoms with Crippen LogP contribution in [0.5, 0.6) is 11.8 Å². The van der Waals surface area contributed by atoms with E-state index < -0.39 is 23.5 Å². The van der Waals surface area contributed by atoms with E-state index in [1.165, 1.54) is 6.07 Å². The van der Waals surface area contributed by atoms with Gasteiger partial charge in [0.05, 0.1) is 23.9 Å². The molecule has 3 heterocycles. The number of carbonyl (C=O) groups excluding carboxylic acids is 2. The highest BCUT2D eigenvalue weighted by Crippen LogP contribution is 2.53. The van der Waals surface area contributed by atoms with Crippen molar-refractivity contribution < 1.29 is 28.2 Å². The Labute approximate surface area is 320 Å². The largest absolute Gasteiger partial charge is 0.486 e. The van der Waals surface area contributed by atoms with Crippen molar-refractivity contribution in [2.45, 2.75) is 85.0 Å². The van der Waals surface area contributed by atoms with Crippen LogP contribution in [0.4, 0.5) is 10.2 Å². The van der Waals surface area contributed by atoms with Gasteiger partial charge in [0.25, 0.3) is 0 Å². The fraction of sp³-hybridized carbons (Fsp3) is 0.452. The predicted molar refractivity (Wildman–Crippen MR) is 210 cm³/mol. The molecule has 12 nitrogen and oxygen atoms in total. The van der Waals surface area contributed by atoms with Crippen molar-refractivity contribution in [1.29, 1.82) is 0 Å². The van der Waals surface area contributed by atoms with Crippen LogP contribution >= 0.6 is 0 Å². The molecule has 1 aliphatic carbocycles. The number of rotatable bonds is 13. The van der Waals surface area contributed by atoms with Crippen LogP contribution in [0.2, 0.25) is 0 Å². The number of esters is 1. The second-order valence-corrected chi connectivity index (χ2v) is 16.9. The molecule has 1 amide bonds. The quantitative estimate of drug-likeness (QED) is 0.120. The second kappa shape index (κ2) is 14.4. The average molecular weight is 752 g/mol. The van der Waals surface area contributed by atoms with E-state index in [0.717, 1.165) is 41.5 Å². The Morgan fingerprint density at radius 1 is 1.00 bits per heavy atom. The first-order valence-electron chi connectivity index (χ1n) is 18.8. The third-order valence-electron chi connectivity index (χ3n) is 10.1. The van der Waals surface area contributed by atoms with E-state index >= 15 is 4.39 Å². The minimum atomic E-state index is -0.628. The normalized spacial score (nSPS) is 16.1. The molecular weight excluding hydrogens is 702 g/mol. The zero-order valence-electron chi connectivity index (χ0n) is 32.9. The molecule has 1 saturated carbocycles. The van der Waals surface area contributed by atoms with Crippen molar-refractivity contribution in [2.24, 2.45) is 11.1 Å². The van der Waals surface area contributed by atoms with Crippen LogP contribution in [0.1, 0.15) is 86.8 Å². The molecule has 1 atom stereocenters. The van der Waals surface area contributed by atoms with Crippen molar-refractivity contribution >= 4 is 39.5 Å². The van der Waals surface area contributed by atoms with Gasteiger partial charge in [-0.15, -0.1) is 0 Å². The lowest BCUT2D eigenvalue weighted by Crippen LogP contribution is -2.55. The number of amides is 1. The molecule has 5 aromatic rings. The number of nitrogens with two attached hydrogens (primary N) is 1. The number of primary amides is 1. The topological polar surface area (TPSA) is 149 Å². The van der Waals surface area contributed by atoms with Gasteiger partial charge in [0.15, 0.2) is 5.75 Å². The lowest BCUT2D eigenvalue weighted by molar-refractivity contribution is -0.120. The number of H-pyrrole nitrogens is 1. The summed E-state index contributed by atoms with van der Waals surface area (Å²) in [6, 6.07) is 10.2. The van der Waals surface area contributed by atoms with Crippen LogP contribution in [-0.4, -0.2) is 82.4 Å². The number of aromatic amines is 1. The van der Waals surface area contributed by atoms with Gasteiger partial charge in [-0.1, -0.05) is 26.0 Å². The van der Waals surface area contributed by atoms with Crippen molar-refractivity contribution in [1.82, 2.24) is 25.1 Å². The minimum Gasteiger partial charge on any atom is -0.486 e. The molecule has 0 bridgehead atoms. The number of nitrogens with one attached hydrogen (secondary N) is 1. The molecule has 0 unspecified atom stereocenters. The number of anilines is 1. The van der Waals surface area contributed by atoms with Crippen LogP contribution in [0, 0.1) is 18.2 Å². The van der Waals surface area contributed by atoms with Gasteiger partial charge in [-0.3, -0.25) is 9.89 Å². The molecule has 290 valence electrons. The summed E-state index contributed by atoms with van der Waals surface area (Å²) in [7, 11) is 4.03. The molecule has 2 fully saturated rings. The van der Waals surface area contributed by atoms with Gasteiger partial charge in [0.1, 0.15) is 35.4 Å². The first-order valence-corrected chi connectivity index (χ1v) is 18.8. The van der Waals surface area contributed by atoms with Crippen molar-refractivity contribution in [3.05, 3.63) is 70.7 Å². The van der Waals surface area contributed by atoms with E-state index in [2.05, 4.69) is 35.0 Å². The van der Waals surface area contributed by atoms with Gasteiger partial charge >= 0.3 is 12.0 Å². The number of fused-ring (bicyclic) bond motifs is 2. The highest BCUT2D eigenvalue weighted by molar-refractivity contribution is 6.06. The number of hydrogen-bond acceptors (Lipinski definition) is 10. The highest BCUT2D eigenvalue weighted by Gasteiger charge is 2.38. The van der Waals surface area contributed by atoms with Crippen molar-refractivity contribution in [2.75, 3.05) is 38.7 Å². The second-order valence-electron chi connectivity index (χ2n) is 16.9. The maximum atomic E-state index is 15.8. The van der Waals surface area contributed by atoms with Crippen LogP contribution in [0.3, 0.4) is 0 Å². The van der Waals surface area contributed by atoms with E-state index in [1.807, 2.05) is 51.9 Å². The van der Waals surface area contributed by atoms with E-state index in [0.29, 0.717) is 64.2 Å². The molecule has 7 rings (SSSR count). The minimum absolute atomic E-state index is 0.104. The first-order chi connectivity index (χ1) is 26.0. The Bertz CT molecular complexity index is 2270. The fourth-order valence-electron chi connectivity index (χ4n) is 7.43. The van der Waals surface area contributed by atoms with E-state index in [1.54, 1.807) is 25.3 Å². The highest BCUT2D eigenvalue weighted by atomic mass is 19.1. The molecule has 1 saturated heterocycles. The van der Waals surface area contributed by atoms with E-state index in [-0.39, 0.29) is 29.8 Å². The Kier molecular flexibility index (Phi) is 9.95. The Hall–Kier alpha value is -5.30. The Morgan fingerprint density at radius 2 is 1.73 bits per heavy atom. The Morgan fingerprint density at radius 3 is 2.35 bits per heavy atom. The number of hydrogen-bond donors (Lipinski definition) is 2. The van der Waals surface area contributed by atoms with Gasteiger partial charge < -0.3 is 29.7 Å². The van der Waals surface area contributed by atoms with Crippen LogP contribution < -0.4 is 20.1 Å². The number of carbonyl (C=O) groups is 2. The number of nitrogens with zero attached hydrogens (tertiary/aromatic N) is 5. The number of halogens is 1. The summed E-state index contributed by atoms with van der Waals surface area (Å²) < 4.78 is 34.7. The standard InChI is InChI=1S/C42H50FN7O5/c1-23-30(43)18-31-29(19-45-48-31)33(23)34-27(25-13-14-25)17-28-35(36(34)53-20-24-9-11-26(12-10-24)39(52)55-41(2,3)4)46-40(54-22-42(5,6)21-49(7)8)47-38(28)50-16-15-32(50)37(44)51/h9-12,17-19,25,32H,13-16,20-22H2,1-8H3,(H2,44,51)(H,45,48)/t32-/m0/s1. The van der Waals surface area contributed by atoms with E-state index in [9.17, 15) is 9.59 Å². The zero-order chi connectivity index (χ0) is 39.4. The van der Waals surface area contributed by atoms with Gasteiger partial charge in [-0.2, -0.15) is 15.1 Å². The smallest absolute Gasteiger partial charge is 0.338 e. The number of ether oxygens (including phenoxy) is 3. The summed E-state index contributed by atoms with van der Waals surface area (Å²) >= 11 is 0. The van der Waals surface area contributed by atoms with Gasteiger partial charge in [0.2, 0.25) is 5.91 Å². The summed E-state index contributed by atoms with van der Waals surface area (Å²) in [6.07, 6.45) is 4.20. The fourth-order valence-corrected chi connectivity index (χ4v) is 7.43. The average Bonchev–Trinajstić information content (AvgIpc) is 3.82. The molecule has 2 aromatic heterocycles. The summed E-state index contributed by atoms with van der Waals surface area (Å²) in [5.41, 5.74) is 10.1. The summed E-state index contributed by atoms with van der Waals surface area (Å²) in [4.78, 5) is 39.4. The molecule has 3 aromatic carbocycles. The van der Waals surface area contributed by atoms with Crippen LogP contribution in [0.25, 0.3) is 32.9 Å². The van der Waals surface area contributed by atoms with Crippen molar-refractivity contribution in [3.8, 4) is 22.9 Å². The maximum absolute atomic E-state index is 15.8. The first kappa shape index (κ1) is 38.0. The zero-order valence-corrected chi connectivity index (χ0v) is 32.9. The van der Waals surface area contributed by atoms with Crippen LogP contribution in [-0.2, 0) is 16.1 Å². The van der Waals surface area contributed by atoms with Crippen LogP contribution in [0.15, 0.2) is 42.6 Å². The van der Waals surface area contributed by atoms with Crippen molar-refractivity contribution in [3.63, 3.8) is 0 Å². The molecule has 55 heavy (non-hydrogen) atoms. The lowest BCUT2D eigenvalue weighted by Gasteiger charge is -2.40. The molecule has 3 N–H and O–H groups in total. The van der Waals surface area contributed by atoms with Gasteiger partial charge in [0, 0.05) is 40.4 Å². The third-order valence-corrected chi connectivity index (χ3v) is 10.1. The molecule has 1 aliphatic heterocycles. The Balaban J connectivity index is 1.43. The molecule has 0 radical (unpaired) electrons. The van der Waals surface area contributed by atoms with Gasteiger partial charge in [-0.05, 0) is 108 Å². The summed E-state index contributed by atoms with van der Waals surface area (Å²) in [5, 5.41) is 8.66. The molecule has 13 heteroatoms. The van der Waals surface area contributed by atoms with E-state index in [4.69, 9.17) is 29.9 Å². The lowest BCUT2D eigenvalue weighted by atomic mass is 9.88.